The lowest BCUT2D eigenvalue weighted by Gasteiger charge is -2.21. The van der Waals surface area contributed by atoms with E-state index in [-0.39, 0.29) is 12.3 Å². The number of anilines is 1. The Bertz CT molecular complexity index is 569. The van der Waals surface area contributed by atoms with Gasteiger partial charge in [-0.2, -0.15) is 0 Å². The van der Waals surface area contributed by atoms with Gasteiger partial charge in [0.15, 0.2) is 11.6 Å². The summed E-state index contributed by atoms with van der Waals surface area (Å²) in [6, 6.07) is 7.24. The third-order valence-electron chi connectivity index (χ3n) is 2.74. The molecule has 5 heteroatoms. The predicted octanol–water partition coefficient (Wildman–Crippen LogP) is 3.62. The van der Waals surface area contributed by atoms with Gasteiger partial charge in [-0.05, 0) is 30.5 Å². The lowest BCUT2D eigenvalue weighted by Crippen LogP contribution is -2.31. The third-order valence-corrected chi connectivity index (χ3v) is 3.61. The van der Waals surface area contributed by atoms with Crippen LogP contribution in [0.3, 0.4) is 0 Å². The molecule has 2 aromatic rings. The van der Waals surface area contributed by atoms with Crippen molar-refractivity contribution in [2.45, 2.75) is 13.3 Å². The summed E-state index contributed by atoms with van der Waals surface area (Å²) in [6.07, 6.45) is 0.268. The molecule has 2 rings (SSSR count). The maximum Gasteiger partial charge on any atom is 0.232 e. The van der Waals surface area contributed by atoms with Gasteiger partial charge in [-0.15, -0.1) is 11.3 Å². The van der Waals surface area contributed by atoms with Crippen molar-refractivity contribution in [3.8, 4) is 0 Å². The summed E-state index contributed by atoms with van der Waals surface area (Å²) in [5.74, 6) is -1.98. The van der Waals surface area contributed by atoms with E-state index in [1.165, 1.54) is 22.3 Å². The molecule has 0 saturated carbocycles. The van der Waals surface area contributed by atoms with Crippen LogP contribution < -0.4 is 4.90 Å². The van der Waals surface area contributed by atoms with Crippen LogP contribution in [0.1, 0.15) is 11.8 Å². The maximum atomic E-state index is 13.2. The summed E-state index contributed by atoms with van der Waals surface area (Å²) in [5, 5.41) is 1.90. The van der Waals surface area contributed by atoms with Gasteiger partial charge < -0.3 is 4.90 Å². The summed E-state index contributed by atoms with van der Waals surface area (Å²) in [7, 11) is 0. The van der Waals surface area contributed by atoms with Crippen LogP contribution in [-0.2, 0) is 11.2 Å². The van der Waals surface area contributed by atoms with Crippen LogP contribution in [0.4, 0.5) is 14.5 Å². The molecular formula is C14H13F2NOS. The Hall–Kier alpha value is -1.75. The van der Waals surface area contributed by atoms with Crippen molar-refractivity contribution in [3.63, 3.8) is 0 Å². The van der Waals surface area contributed by atoms with Crippen molar-refractivity contribution in [3.05, 3.63) is 52.2 Å². The first kappa shape index (κ1) is 13.7. The topological polar surface area (TPSA) is 20.3 Å². The van der Waals surface area contributed by atoms with Crippen molar-refractivity contribution < 1.29 is 13.6 Å². The van der Waals surface area contributed by atoms with E-state index in [0.29, 0.717) is 12.2 Å². The van der Waals surface area contributed by atoms with Gasteiger partial charge in [-0.3, -0.25) is 4.79 Å². The van der Waals surface area contributed by atoms with Gasteiger partial charge in [0.25, 0.3) is 0 Å². The number of rotatable bonds is 4. The zero-order chi connectivity index (χ0) is 13.8. The van der Waals surface area contributed by atoms with Crippen LogP contribution >= 0.6 is 11.3 Å². The van der Waals surface area contributed by atoms with E-state index in [1.807, 2.05) is 17.5 Å². The number of nitrogens with zero attached hydrogens (tertiary/aromatic N) is 1. The molecule has 0 aliphatic heterocycles. The number of carbonyl (C=O) groups excluding carboxylic acids is 1. The SMILES string of the molecule is CCN(C(=O)Cc1cccs1)c1ccc(F)c(F)c1. The summed E-state index contributed by atoms with van der Waals surface area (Å²) in [5.41, 5.74) is 0.378. The van der Waals surface area contributed by atoms with Crippen LogP contribution in [0.15, 0.2) is 35.7 Å². The molecule has 0 fully saturated rings. The van der Waals surface area contributed by atoms with Crippen molar-refractivity contribution >= 4 is 22.9 Å². The maximum absolute atomic E-state index is 13.2. The van der Waals surface area contributed by atoms with Gasteiger partial charge >= 0.3 is 0 Å². The summed E-state index contributed by atoms with van der Waals surface area (Å²) in [4.78, 5) is 14.6. The number of thiophene rings is 1. The summed E-state index contributed by atoms with van der Waals surface area (Å²) >= 11 is 1.50. The molecular weight excluding hydrogens is 268 g/mol. The van der Waals surface area contributed by atoms with Crippen molar-refractivity contribution in [1.29, 1.82) is 0 Å². The molecule has 0 saturated heterocycles. The number of benzene rings is 1. The Kier molecular flexibility index (Phi) is 4.27. The van der Waals surface area contributed by atoms with E-state index >= 15 is 0 Å². The lowest BCUT2D eigenvalue weighted by molar-refractivity contribution is -0.117. The second-order valence-corrected chi connectivity index (χ2v) is 5.02. The van der Waals surface area contributed by atoms with E-state index in [4.69, 9.17) is 0 Å². The van der Waals surface area contributed by atoms with E-state index in [2.05, 4.69) is 0 Å². The molecule has 1 aromatic carbocycles. The Labute approximate surface area is 114 Å². The molecule has 1 amide bonds. The second-order valence-electron chi connectivity index (χ2n) is 3.99. The molecule has 100 valence electrons. The van der Waals surface area contributed by atoms with Crippen molar-refractivity contribution in [2.75, 3.05) is 11.4 Å². The molecule has 0 atom stereocenters. The highest BCUT2D eigenvalue weighted by Crippen LogP contribution is 2.20. The molecule has 0 aliphatic rings. The molecule has 0 aliphatic carbocycles. The van der Waals surface area contributed by atoms with Gasteiger partial charge in [-0.25, -0.2) is 8.78 Å². The van der Waals surface area contributed by atoms with Crippen LogP contribution in [-0.4, -0.2) is 12.5 Å². The van der Waals surface area contributed by atoms with Gasteiger partial charge in [0.1, 0.15) is 0 Å². The molecule has 0 bridgehead atoms. The molecule has 19 heavy (non-hydrogen) atoms. The van der Waals surface area contributed by atoms with Gasteiger partial charge in [-0.1, -0.05) is 6.07 Å². The first-order valence-electron chi connectivity index (χ1n) is 5.89. The highest BCUT2D eigenvalue weighted by molar-refractivity contribution is 7.10. The minimum Gasteiger partial charge on any atom is -0.312 e. The molecule has 0 unspecified atom stereocenters. The number of carbonyl (C=O) groups is 1. The van der Waals surface area contributed by atoms with Crippen molar-refractivity contribution in [2.24, 2.45) is 0 Å². The second kappa shape index (κ2) is 5.93. The largest absolute Gasteiger partial charge is 0.312 e. The summed E-state index contributed by atoms with van der Waals surface area (Å²) in [6.45, 7) is 2.21. The van der Waals surface area contributed by atoms with Crippen LogP contribution in [0.2, 0.25) is 0 Å². The Morgan fingerprint density at radius 1 is 1.26 bits per heavy atom. The molecule has 0 spiro atoms. The zero-order valence-corrected chi connectivity index (χ0v) is 11.2. The monoisotopic (exact) mass is 281 g/mol. The van der Waals surface area contributed by atoms with E-state index < -0.39 is 11.6 Å². The quantitative estimate of drug-likeness (QED) is 0.838. The number of halogens is 2. The van der Waals surface area contributed by atoms with E-state index in [1.54, 1.807) is 6.92 Å². The van der Waals surface area contributed by atoms with Crippen molar-refractivity contribution in [1.82, 2.24) is 0 Å². The molecule has 2 nitrogen and oxygen atoms in total. The highest BCUT2D eigenvalue weighted by atomic mass is 32.1. The Morgan fingerprint density at radius 2 is 2.05 bits per heavy atom. The Balaban J connectivity index is 2.19. The predicted molar refractivity (Wildman–Crippen MR) is 72.4 cm³/mol. The minimum atomic E-state index is -0.945. The normalized spacial score (nSPS) is 10.5. The minimum absolute atomic E-state index is 0.129. The summed E-state index contributed by atoms with van der Waals surface area (Å²) < 4.78 is 26.1. The van der Waals surface area contributed by atoms with Gasteiger partial charge in [0.05, 0.1) is 6.42 Å². The standard InChI is InChI=1S/C14H13F2NOS/c1-2-17(10-5-6-12(15)13(16)8-10)14(18)9-11-4-3-7-19-11/h3-8H,2,9H2,1H3. The van der Waals surface area contributed by atoms with Crippen LogP contribution in [0, 0.1) is 11.6 Å². The highest BCUT2D eigenvalue weighted by Gasteiger charge is 2.16. The number of likely N-dealkylation sites (N-methyl/N-ethyl adjacent to an activating group) is 1. The number of amides is 1. The fourth-order valence-corrected chi connectivity index (χ4v) is 2.51. The average molecular weight is 281 g/mol. The van der Waals surface area contributed by atoms with Crippen LogP contribution in [0.5, 0.6) is 0 Å². The first-order valence-corrected chi connectivity index (χ1v) is 6.77. The fraction of sp³-hybridized carbons (Fsp3) is 0.214. The lowest BCUT2D eigenvalue weighted by atomic mass is 10.2. The smallest absolute Gasteiger partial charge is 0.232 e. The van der Waals surface area contributed by atoms with E-state index in [0.717, 1.165) is 17.0 Å². The molecule has 0 radical (unpaired) electrons. The molecule has 1 heterocycles. The Morgan fingerprint density at radius 3 is 2.63 bits per heavy atom. The fourth-order valence-electron chi connectivity index (χ4n) is 1.81. The van der Waals surface area contributed by atoms with Gasteiger partial charge in [0, 0.05) is 23.2 Å². The number of hydrogen-bond donors (Lipinski definition) is 0. The first-order chi connectivity index (χ1) is 9.11. The van der Waals surface area contributed by atoms with Gasteiger partial charge in [0.2, 0.25) is 5.91 Å². The van der Waals surface area contributed by atoms with Crippen LogP contribution in [0.25, 0.3) is 0 Å². The number of hydrogen-bond acceptors (Lipinski definition) is 2. The van der Waals surface area contributed by atoms with E-state index in [9.17, 15) is 13.6 Å². The molecule has 0 N–H and O–H groups in total. The average Bonchev–Trinajstić information content (AvgIpc) is 2.87. The zero-order valence-electron chi connectivity index (χ0n) is 10.4. The molecule has 1 aromatic heterocycles. The third kappa shape index (κ3) is 3.17.